The van der Waals surface area contributed by atoms with E-state index in [0.29, 0.717) is 34.2 Å². The minimum absolute atomic E-state index is 0.0468. The largest absolute Gasteiger partial charge is 0.321 e. The van der Waals surface area contributed by atoms with Gasteiger partial charge in [-0.1, -0.05) is 55.8 Å². The number of fused-ring (bicyclic) bond motifs is 1. The van der Waals surface area contributed by atoms with Crippen molar-refractivity contribution in [2.24, 2.45) is 5.92 Å². The molecule has 0 aliphatic heterocycles. The van der Waals surface area contributed by atoms with Gasteiger partial charge in [0.25, 0.3) is 11.8 Å². The van der Waals surface area contributed by atoms with Gasteiger partial charge in [-0.05, 0) is 85.7 Å². The molecule has 2 atom stereocenters. The maximum absolute atomic E-state index is 14.7. The minimum Gasteiger partial charge on any atom is -0.321 e. The summed E-state index contributed by atoms with van der Waals surface area (Å²) in [7, 11) is 0. The van der Waals surface area contributed by atoms with Crippen molar-refractivity contribution in [1.29, 1.82) is 5.26 Å². The molecular weight excluding hydrogens is 655 g/mol. The van der Waals surface area contributed by atoms with Gasteiger partial charge in [0.1, 0.15) is 22.6 Å². The van der Waals surface area contributed by atoms with E-state index in [2.05, 4.69) is 28.9 Å². The summed E-state index contributed by atoms with van der Waals surface area (Å²) in [5, 5.41) is 18.4. The topological polar surface area (TPSA) is 111 Å². The summed E-state index contributed by atoms with van der Waals surface area (Å²) < 4.78 is 14.7. The lowest BCUT2D eigenvalue weighted by atomic mass is 9.88. The second-order valence-electron chi connectivity index (χ2n) is 11.2. The van der Waals surface area contributed by atoms with Crippen LogP contribution in [-0.4, -0.2) is 23.0 Å². The van der Waals surface area contributed by atoms with Crippen LogP contribution in [0, 0.1) is 23.1 Å². The number of amides is 3. The van der Waals surface area contributed by atoms with Gasteiger partial charge in [-0.3, -0.25) is 14.4 Å². The molecule has 0 bridgehead atoms. The van der Waals surface area contributed by atoms with Crippen molar-refractivity contribution >= 4 is 69.2 Å². The van der Waals surface area contributed by atoms with Gasteiger partial charge in [-0.25, -0.2) is 4.39 Å². The molecule has 3 aromatic carbocycles. The maximum Gasteiger partial charge on any atom is 0.272 e. The first-order chi connectivity index (χ1) is 22.7. The molecule has 3 amide bonds. The number of rotatable bonds is 10. The summed E-state index contributed by atoms with van der Waals surface area (Å²) in [6, 6.07) is 21.7. The lowest BCUT2D eigenvalue weighted by molar-refractivity contribution is -0.116. The summed E-state index contributed by atoms with van der Waals surface area (Å²) >= 11 is 9.05. The molecular formula is C36H32ClFN4O3S2. The fourth-order valence-corrected chi connectivity index (χ4v) is 7.81. The van der Waals surface area contributed by atoms with Crippen LogP contribution in [0.25, 0.3) is 6.08 Å². The molecule has 3 N–H and O–H groups in total. The molecule has 1 aliphatic carbocycles. The molecule has 0 saturated heterocycles. The predicted molar refractivity (Wildman–Crippen MR) is 187 cm³/mol. The van der Waals surface area contributed by atoms with Gasteiger partial charge < -0.3 is 16.0 Å². The maximum atomic E-state index is 14.7. The number of nitrogens with zero attached hydrogens (tertiary/aromatic N) is 1. The van der Waals surface area contributed by atoms with Gasteiger partial charge in [-0.2, -0.15) is 5.26 Å². The van der Waals surface area contributed by atoms with E-state index < -0.39 is 22.9 Å². The first kappa shape index (κ1) is 33.9. The summed E-state index contributed by atoms with van der Waals surface area (Å²) in [6.07, 6.45) is 4.51. The standard InChI is InChI=1S/C36H32ClFN4O3S2/c1-3-31(35(45)42-36-27(20-39)25-16-15-21(2)17-32(25)47-36)46-24-12-7-11-23(18-24)40-34(44)30(19-26-28(37)13-8-14-29(26)38)41-33(43)22-9-5-4-6-10-22/h4-14,18-19,21,31H,3,15-17H2,1-2H3,(H,40,44)(H,41,43)(H,42,45)/b30-19+. The lowest BCUT2D eigenvalue weighted by Gasteiger charge is -2.17. The van der Waals surface area contributed by atoms with E-state index in [1.807, 2.05) is 13.0 Å². The molecule has 2 unspecified atom stereocenters. The Morgan fingerprint density at radius 1 is 1.11 bits per heavy atom. The average Bonchev–Trinajstić information content (AvgIpc) is 3.40. The highest BCUT2D eigenvalue weighted by molar-refractivity contribution is 8.00. The van der Waals surface area contributed by atoms with Crippen LogP contribution in [-0.2, 0) is 22.4 Å². The highest BCUT2D eigenvalue weighted by Crippen LogP contribution is 2.40. The van der Waals surface area contributed by atoms with Gasteiger partial charge in [0.05, 0.1) is 15.8 Å². The van der Waals surface area contributed by atoms with Crippen LogP contribution in [0.15, 0.2) is 83.4 Å². The third kappa shape index (κ3) is 8.30. The van der Waals surface area contributed by atoms with E-state index in [4.69, 9.17) is 11.6 Å². The second-order valence-corrected chi connectivity index (χ2v) is 14.0. The summed E-state index contributed by atoms with van der Waals surface area (Å²) in [6.45, 7) is 4.11. The quantitative estimate of drug-likeness (QED) is 0.115. The van der Waals surface area contributed by atoms with E-state index in [-0.39, 0.29) is 22.2 Å². The van der Waals surface area contributed by atoms with Gasteiger partial charge in [0, 0.05) is 26.6 Å². The average molecular weight is 687 g/mol. The van der Waals surface area contributed by atoms with E-state index in [0.717, 1.165) is 29.7 Å². The molecule has 47 heavy (non-hydrogen) atoms. The monoisotopic (exact) mass is 686 g/mol. The Labute approximate surface area is 286 Å². The SMILES string of the molecule is CCC(Sc1cccc(NC(=O)/C(=C\c2c(F)cccc2Cl)NC(=O)c2ccccc2)c1)C(=O)Nc1sc2c(c1C#N)CCC(C)C2. The molecule has 0 saturated carbocycles. The number of nitriles is 1. The fourth-order valence-electron chi connectivity index (χ4n) is 5.22. The van der Waals surface area contributed by atoms with Crippen molar-refractivity contribution in [2.75, 3.05) is 10.6 Å². The van der Waals surface area contributed by atoms with E-state index in [1.165, 1.54) is 52.3 Å². The van der Waals surface area contributed by atoms with Crippen LogP contribution in [0.3, 0.4) is 0 Å². The van der Waals surface area contributed by atoms with Crippen LogP contribution >= 0.6 is 34.7 Å². The number of carbonyl (C=O) groups is 3. The molecule has 1 heterocycles. The fraction of sp³-hybridized carbons (Fsp3) is 0.222. The number of benzene rings is 3. The number of thiophene rings is 1. The van der Waals surface area contributed by atoms with E-state index in [1.54, 1.807) is 48.5 Å². The number of thioether (sulfide) groups is 1. The third-order valence-corrected chi connectivity index (χ3v) is 10.6. The number of hydrogen-bond donors (Lipinski definition) is 3. The van der Waals surface area contributed by atoms with Crippen LogP contribution in [0.4, 0.5) is 15.1 Å². The highest BCUT2D eigenvalue weighted by atomic mass is 35.5. The molecule has 1 aliphatic rings. The van der Waals surface area contributed by atoms with Gasteiger partial charge >= 0.3 is 0 Å². The Hall–Kier alpha value is -4.43. The van der Waals surface area contributed by atoms with Crippen molar-refractivity contribution in [2.45, 2.75) is 49.7 Å². The molecule has 5 rings (SSSR count). The Kier molecular flexibility index (Phi) is 11.1. The van der Waals surface area contributed by atoms with Crippen LogP contribution in [0.1, 0.15) is 58.6 Å². The molecule has 11 heteroatoms. The Morgan fingerprint density at radius 3 is 2.60 bits per heavy atom. The Bertz CT molecular complexity index is 1870. The van der Waals surface area contributed by atoms with E-state index in [9.17, 15) is 24.0 Å². The van der Waals surface area contributed by atoms with Crippen LogP contribution < -0.4 is 16.0 Å². The molecule has 0 fully saturated rings. The number of nitrogens with one attached hydrogen (secondary N) is 3. The summed E-state index contributed by atoms with van der Waals surface area (Å²) in [5.41, 5.74) is 2.08. The van der Waals surface area contributed by atoms with Crippen LogP contribution in [0.2, 0.25) is 5.02 Å². The van der Waals surface area contributed by atoms with Gasteiger partial charge in [0.2, 0.25) is 5.91 Å². The van der Waals surface area contributed by atoms with Crippen molar-refractivity contribution in [3.8, 4) is 6.07 Å². The Balaban J connectivity index is 1.33. The number of hydrogen-bond acceptors (Lipinski definition) is 6. The smallest absolute Gasteiger partial charge is 0.272 e. The predicted octanol–water partition coefficient (Wildman–Crippen LogP) is 8.46. The summed E-state index contributed by atoms with van der Waals surface area (Å²) in [5.74, 6) is -1.56. The number of halogens is 2. The zero-order valence-corrected chi connectivity index (χ0v) is 28.1. The Morgan fingerprint density at radius 2 is 1.87 bits per heavy atom. The minimum atomic E-state index is -0.694. The normalized spacial score (nSPS) is 14.8. The second kappa shape index (κ2) is 15.4. The van der Waals surface area contributed by atoms with Gasteiger partial charge in [0.15, 0.2) is 0 Å². The molecule has 7 nitrogen and oxygen atoms in total. The van der Waals surface area contributed by atoms with Crippen LogP contribution in [0.5, 0.6) is 0 Å². The highest BCUT2D eigenvalue weighted by Gasteiger charge is 2.27. The molecule has 240 valence electrons. The molecule has 0 spiro atoms. The molecule has 0 radical (unpaired) electrons. The van der Waals surface area contributed by atoms with Crippen molar-refractivity contribution < 1.29 is 18.8 Å². The zero-order valence-electron chi connectivity index (χ0n) is 25.7. The van der Waals surface area contributed by atoms with Crippen molar-refractivity contribution in [1.82, 2.24) is 5.32 Å². The van der Waals surface area contributed by atoms with Crippen molar-refractivity contribution in [3.63, 3.8) is 0 Å². The first-order valence-corrected chi connectivity index (χ1v) is 17.2. The zero-order chi connectivity index (χ0) is 33.5. The number of carbonyl (C=O) groups excluding carboxylic acids is 3. The lowest BCUT2D eigenvalue weighted by Crippen LogP contribution is -2.30. The third-order valence-electron chi connectivity index (χ3n) is 7.71. The van der Waals surface area contributed by atoms with Gasteiger partial charge in [-0.15, -0.1) is 23.1 Å². The number of anilines is 2. The van der Waals surface area contributed by atoms with E-state index >= 15 is 0 Å². The summed E-state index contributed by atoms with van der Waals surface area (Å²) in [4.78, 5) is 41.8. The first-order valence-electron chi connectivity index (χ1n) is 15.1. The van der Waals surface area contributed by atoms with Crippen molar-refractivity contribution in [3.05, 3.63) is 116 Å². The molecule has 1 aromatic heterocycles. The molecule has 4 aromatic rings.